The molecule has 0 aromatic heterocycles. The summed E-state index contributed by atoms with van der Waals surface area (Å²) in [6, 6.07) is 6.75. The molecular formula is C17H23NO7. The molecule has 8 nitrogen and oxygen atoms in total. The molecule has 1 aliphatic rings. The van der Waals surface area contributed by atoms with Crippen molar-refractivity contribution in [3.63, 3.8) is 0 Å². The van der Waals surface area contributed by atoms with Gasteiger partial charge in [0.1, 0.15) is 6.10 Å². The zero-order chi connectivity index (χ0) is 18.8. The summed E-state index contributed by atoms with van der Waals surface area (Å²) < 4.78 is 22.3. The number of aliphatic hydroxyl groups excluding tert-OH is 2. The maximum Gasteiger partial charge on any atom is 0.261 e. The number of aliphatic hydroxyl groups is 2. The second-order valence-electron chi connectivity index (χ2n) is 5.43. The molecule has 0 fully saturated rings. The van der Waals surface area contributed by atoms with Crippen LogP contribution in [0.2, 0.25) is 0 Å². The fourth-order valence-corrected chi connectivity index (χ4v) is 2.31. The fraction of sp³-hybridized carbons (Fsp3) is 0.529. The molecule has 0 radical (unpaired) electrons. The summed E-state index contributed by atoms with van der Waals surface area (Å²) in [5.41, 5.74) is 0.862. The van der Waals surface area contributed by atoms with Crippen LogP contribution in [0.5, 0.6) is 0 Å². The van der Waals surface area contributed by atoms with Crippen LogP contribution < -0.4 is 0 Å². The highest BCUT2D eigenvalue weighted by atomic mass is 16.5. The van der Waals surface area contributed by atoms with Crippen LogP contribution in [0.1, 0.15) is 20.7 Å². The molecule has 1 aromatic rings. The molecular weight excluding hydrogens is 330 g/mol. The van der Waals surface area contributed by atoms with Crippen molar-refractivity contribution in [1.29, 1.82) is 1.43 Å². The molecule has 138 valence electrons. The van der Waals surface area contributed by atoms with E-state index in [0.29, 0.717) is 37.6 Å². The first kappa shape index (κ1) is 18.0. The van der Waals surface area contributed by atoms with Crippen LogP contribution in [-0.4, -0.2) is 87.3 Å². The van der Waals surface area contributed by atoms with Gasteiger partial charge in [0, 0.05) is 0 Å². The van der Waals surface area contributed by atoms with Crippen LogP contribution in [-0.2, 0) is 14.2 Å². The van der Waals surface area contributed by atoms with E-state index in [1.165, 1.54) is 4.90 Å². The number of hydrogen-bond donors (Lipinski definition) is 2. The summed E-state index contributed by atoms with van der Waals surface area (Å²) in [4.78, 5) is 25.5. The minimum absolute atomic E-state index is 0.0824. The smallest absolute Gasteiger partial charge is 0.261 e. The van der Waals surface area contributed by atoms with Gasteiger partial charge < -0.3 is 24.4 Å². The van der Waals surface area contributed by atoms with Gasteiger partial charge in [-0.3, -0.25) is 14.5 Å². The first-order valence-corrected chi connectivity index (χ1v) is 8.09. The summed E-state index contributed by atoms with van der Waals surface area (Å²) in [7, 11) is 0. The van der Waals surface area contributed by atoms with Crippen molar-refractivity contribution in [2.75, 3.05) is 52.8 Å². The van der Waals surface area contributed by atoms with Gasteiger partial charge in [0.15, 0.2) is 0 Å². The standard InChI is InChI=1S/C17H23NO7/c19-11-13(20)12-25-10-9-24-8-7-23-6-5-18-16(21)14-3-1-2-4-15(14)17(18)22/h1-4,13,19-20H,5-12H2/t13-/m0/s1/i19D. The third kappa shape index (κ3) is 5.58. The van der Waals surface area contributed by atoms with Crippen molar-refractivity contribution in [2.24, 2.45) is 0 Å². The topological polar surface area (TPSA) is 106 Å². The average Bonchev–Trinajstić information content (AvgIpc) is 2.88. The van der Waals surface area contributed by atoms with Crippen molar-refractivity contribution in [3.8, 4) is 0 Å². The molecule has 25 heavy (non-hydrogen) atoms. The number of nitrogens with zero attached hydrogens (tertiary/aromatic N) is 1. The monoisotopic (exact) mass is 354 g/mol. The number of imide groups is 1. The number of benzene rings is 1. The Labute approximate surface area is 147 Å². The third-order valence-corrected chi connectivity index (χ3v) is 3.58. The number of carbonyl (C=O) groups excluding carboxylic acids is 2. The lowest BCUT2D eigenvalue weighted by Gasteiger charge is -2.14. The van der Waals surface area contributed by atoms with Gasteiger partial charge in [-0.25, -0.2) is 0 Å². The highest BCUT2D eigenvalue weighted by Gasteiger charge is 2.34. The zero-order valence-corrected chi connectivity index (χ0v) is 13.9. The molecule has 1 aliphatic heterocycles. The molecule has 1 aromatic carbocycles. The molecule has 0 spiro atoms. The van der Waals surface area contributed by atoms with E-state index in [9.17, 15) is 14.7 Å². The van der Waals surface area contributed by atoms with E-state index in [0.717, 1.165) is 0 Å². The minimum atomic E-state index is -0.821. The first-order valence-electron chi connectivity index (χ1n) is 8.50. The molecule has 8 heteroatoms. The molecule has 0 saturated carbocycles. The minimum Gasteiger partial charge on any atom is -0.394 e. The summed E-state index contributed by atoms with van der Waals surface area (Å²) >= 11 is 0. The van der Waals surface area contributed by atoms with Gasteiger partial charge in [-0.1, -0.05) is 12.1 Å². The predicted molar refractivity (Wildman–Crippen MR) is 87.4 cm³/mol. The molecule has 1 heterocycles. The Balaban J connectivity index is 1.49. The highest BCUT2D eigenvalue weighted by Crippen LogP contribution is 2.21. The fourth-order valence-electron chi connectivity index (χ4n) is 2.31. The normalized spacial score (nSPS) is 15.4. The Morgan fingerprint density at radius 1 is 0.960 bits per heavy atom. The van der Waals surface area contributed by atoms with E-state index in [1.807, 2.05) is 0 Å². The van der Waals surface area contributed by atoms with E-state index < -0.39 is 6.10 Å². The maximum atomic E-state index is 12.1. The Bertz CT molecular complexity index is 563. The number of carbonyl (C=O) groups is 2. The molecule has 0 bridgehead atoms. The van der Waals surface area contributed by atoms with Gasteiger partial charge in [0.05, 0.1) is 63.9 Å². The summed E-state index contributed by atoms with van der Waals surface area (Å²) in [5, 5.41) is 13.3. The molecule has 1 atom stereocenters. The van der Waals surface area contributed by atoms with Crippen LogP contribution in [0.25, 0.3) is 0 Å². The van der Waals surface area contributed by atoms with Crippen LogP contribution in [0, 0.1) is 0 Å². The van der Waals surface area contributed by atoms with Gasteiger partial charge in [0.25, 0.3) is 11.8 Å². The maximum absolute atomic E-state index is 12.1. The number of rotatable bonds is 13. The highest BCUT2D eigenvalue weighted by molar-refractivity contribution is 6.21. The van der Waals surface area contributed by atoms with Crippen LogP contribution in [0.3, 0.4) is 0 Å². The molecule has 2 rings (SSSR count). The zero-order valence-electron chi connectivity index (χ0n) is 14.9. The average molecular weight is 354 g/mol. The SMILES string of the molecule is [2H]OC[C@H](O)COCCOCCOCCN1C(=O)c2ccccc2C1=O. The van der Waals surface area contributed by atoms with Gasteiger partial charge >= 0.3 is 0 Å². The first-order chi connectivity index (χ1) is 12.6. The molecule has 0 unspecified atom stereocenters. The van der Waals surface area contributed by atoms with Crippen molar-refractivity contribution in [1.82, 2.24) is 4.90 Å². The predicted octanol–water partition coefficient (Wildman–Crippen LogP) is -0.314. The molecule has 0 aliphatic carbocycles. The van der Waals surface area contributed by atoms with Crippen LogP contribution in [0.4, 0.5) is 0 Å². The number of hydrogen-bond acceptors (Lipinski definition) is 7. The van der Waals surface area contributed by atoms with Crippen molar-refractivity contribution in [2.45, 2.75) is 6.10 Å². The van der Waals surface area contributed by atoms with Gasteiger partial charge in [-0.15, -0.1) is 0 Å². The number of ether oxygens (including phenoxy) is 3. The summed E-state index contributed by atoms with van der Waals surface area (Å²) in [5.74, 6) is -0.582. The van der Waals surface area contributed by atoms with Crippen LogP contribution in [0.15, 0.2) is 24.3 Å². The molecule has 2 N–H and O–H groups in total. The number of amides is 2. The quantitative estimate of drug-likeness (QED) is 0.370. The van der Waals surface area contributed by atoms with Gasteiger partial charge in [-0.05, 0) is 12.1 Å². The number of fused-ring (bicyclic) bond motifs is 1. The molecule has 0 saturated heterocycles. The second-order valence-corrected chi connectivity index (χ2v) is 5.43. The second kappa shape index (κ2) is 10.2. The van der Waals surface area contributed by atoms with Crippen molar-refractivity contribution < 1.29 is 34.0 Å². The van der Waals surface area contributed by atoms with E-state index in [-0.39, 0.29) is 38.2 Å². The Hall–Kier alpha value is -1.84. The van der Waals surface area contributed by atoms with E-state index >= 15 is 0 Å². The van der Waals surface area contributed by atoms with Gasteiger partial charge in [-0.2, -0.15) is 0 Å². The lowest BCUT2D eigenvalue weighted by molar-refractivity contribution is -0.0232. The summed E-state index contributed by atoms with van der Waals surface area (Å²) in [6.07, 6.45) is -0.821. The summed E-state index contributed by atoms with van der Waals surface area (Å²) in [6.45, 7) is 1.76. The van der Waals surface area contributed by atoms with E-state index in [2.05, 4.69) is 5.11 Å². The largest absolute Gasteiger partial charge is 0.394 e. The van der Waals surface area contributed by atoms with Gasteiger partial charge in [0.2, 0.25) is 1.43 Å². The Morgan fingerprint density at radius 2 is 1.52 bits per heavy atom. The Morgan fingerprint density at radius 3 is 2.12 bits per heavy atom. The van der Waals surface area contributed by atoms with Crippen molar-refractivity contribution in [3.05, 3.63) is 35.4 Å². The van der Waals surface area contributed by atoms with Crippen LogP contribution >= 0.6 is 0 Å². The lowest BCUT2D eigenvalue weighted by atomic mass is 10.1. The van der Waals surface area contributed by atoms with E-state index in [4.69, 9.17) is 15.6 Å². The lowest BCUT2D eigenvalue weighted by Crippen LogP contribution is -2.33. The van der Waals surface area contributed by atoms with Crippen molar-refractivity contribution >= 4 is 11.8 Å². The Kier molecular flexibility index (Phi) is 7.34. The third-order valence-electron chi connectivity index (χ3n) is 3.58. The molecule has 2 amide bonds. The van der Waals surface area contributed by atoms with E-state index in [1.54, 1.807) is 24.3 Å².